The molecule has 0 radical (unpaired) electrons. The fraction of sp³-hybridized carbons (Fsp3) is 0.605. The topological polar surface area (TPSA) is 237 Å². The van der Waals surface area contributed by atoms with Crippen molar-refractivity contribution in [2.45, 2.75) is 277 Å². The van der Waals surface area contributed by atoms with E-state index in [0.717, 1.165) is 135 Å². The number of hydrogen-bond donors (Lipinski definition) is 3. The van der Waals surface area contributed by atoms with Crippen LogP contribution in [0.25, 0.3) is 0 Å². The van der Waals surface area contributed by atoms with Gasteiger partial charge in [0.1, 0.15) is 19.3 Å². The first-order valence-corrected chi connectivity index (χ1v) is 40.4. The average molecular weight is 1440 g/mol. The molecule has 0 saturated carbocycles. The van der Waals surface area contributed by atoms with Crippen LogP contribution in [0, 0.1) is 0 Å². The molecule has 5 unspecified atom stereocenters. The molecular weight excluding hydrogens is 1310 g/mol. The van der Waals surface area contributed by atoms with E-state index in [9.17, 15) is 43.2 Å². The molecule has 0 aliphatic heterocycles. The monoisotopic (exact) mass is 1440 g/mol. The van der Waals surface area contributed by atoms with Gasteiger partial charge in [0.05, 0.1) is 32.8 Å². The predicted molar refractivity (Wildman–Crippen MR) is 408 cm³/mol. The van der Waals surface area contributed by atoms with Gasteiger partial charge in [-0.3, -0.25) is 37.3 Å². The molecule has 0 saturated heterocycles. The molecule has 0 heterocycles. The molecule has 5 atom stereocenters. The van der Waals surface area contributed by atoms with Gasteiger partial charge in [0.25, 0.3) is 0 Å². The van der Waals surface area contributed by atoms with Gasteiger partial charge in [-0.25, -0.2) is 9.13 Å². The molecule has 0 amide bonds. The number of rotatable bonds is 68. The second-order valence-electron chi connectivity index (χ2n) is 24.1. The highest BCUT2D eigenvalue weighted by molar-refractivity contribution is 7.47. The molecule has 0 spiro atoms. The zero-order chi connectivity index (χ0) is 73.2. The second kappa shape index (κ2) is 71.8. The maximum Gasteiger partial charge on any atom is 0.472 e. The van der Waals surface area contributed by atoms with Gasteiger partial charge >= 0.3 is 39.5 Å². The van der Waals surface area contributed by atoms with Crippen molar-refractivity contribution in [3.05, 3.63) is 170 Å². The molecule has 0 aliphatic carbocycles. The van der Waals surface area contributed by atoms with Crippen LogP contribution in [0.3, 0.4) is 0 Å². The summed E-state index contributed by atoms with van der Waals surface area (Å²) in [4.78, 5) is 72.7. The van der Waals surface area contributed by atoms with Gasteiger partial charge in [0.2, 0.25) is 0 Å². The standard InChI is InChI=1S/C81H130O17P2/c1-5-9-13-17-21-25-29-32-35-36-37-38-41-43-47-50-54-58-62-66-79(84)92-72-77(98-81(86)68-64-60-56-52-48-44-40-34-31-27-23-19-15-11-7-3)74-96-100(89,90)94-70-75(82)69-93-99(87,88)95-73-76(97-80(85)67-63-59-55-51-45-28-24-20-16-12-8-4)71-91-78(83)65-61-57-53-49-46-42-39-33-30-26-22-18-14-10-6-2/h9-11,13-15,21-23,25-27,32-35,37-40,43,47-48,52,54,58,60,64,75-77,82H,5-8,12,16-20,24,28-31,36,41-42,44-46,49-51,53,55-57,59,61-63,65-74H2,1-4H3,(H,87,88)(H,89,90)/b13-9-,14-10-,15-11-,25-21-,26-22-,27-23-,35-32-,38-37-,39-33-,40-34-,47-43-,52-48-,58-54-,64-60-. The Balaban J connectivity index is 5.49. The van der Waals surface area contributed by atoms with Crippen molar-refractivity contribution in [3.8, 4) is 0 Å². The van der Waals surface area contributed by atoms with Crippen LogP contribution in [-0.2, 0) is 65.4 Å². The lowest BCUT2D eigenvalue weighted by Gasteiger charge is -2.21. The number of carbonyl (C=O) groups excluding carboxylic acids is 4. The maximum atomic E-state index is 13.1. The van der Waals surface area contributed by atoms with Crippen LogP contribution >= 0.6 is 15.6 Å². The van der Waals surface area contributed by atoms with Crippen molar-refractivity contribution in [1.82, 2.24) is 0 Å². The van der Waals surface area contributed by atoms with Crippen molar-refractivity contribution in [2.24, 2.45) is 0 Å². The summed E-state index contributed by atoms with van der Waals surface area (Å²) in [6.45, 7) is 4.27. The van der Waals surface area contributed by atoms with Gasteiger partial charge in [0.15, 0.2) is 12.2 Å². The second-order valence-corrected chi connectivity index (χ2v) is 27.0. The minimum absolute atomic E-state index is 0.0105. The summed E-state index contributed by atoms with van der Waals surface area (Å²) in [7, 11) is -10.0. The molecule has 0 rings (SSSR count). The summed E-state index contributed by atoms with van der Waals surface area (Å²) < 4.78 is 68.1. The van der Waals surface area contributed by atoms with Gasteiger partial charge < -0.3 is 33.8 Å². The normalized spacial score (nSPS) is 14.9. The van der Waals surface area contributed by atoms with E-state index in [0.29, 0.717) is 32.1 Å². The Morgan fingerprint density at radius 1 is 0.300 bits per heavy atom. The molecule has 3 N–H and O–H groups in total. The van der Waals surface area contributed by atoms with Crippen LogP contribution in [0.4, 0.5) is 0 Å². The van der Waals surface area contributed by atoms with Crippen molar-refractivity contribution in [3.63, 3.8) is 0 Å². The summed E-state index contributed by atoms with van der Waals surface area (Å²) in [5, 5.41) is 10.6. The quantitative estimate of drug-likeness (QED) is 0.0169. The first kappa shape index (κ1) is 94.4. The van der Waals surface area contributed by atoms with Gasteiger partial charge in [-0.1, -0.05) is 281 Å². The number of allylic oxidation sites excluding steroid dienone is 27. The number of phosphoric ester groups is 2. The van der Waals surface area contributed by atoms with Crippen LogP contribution in [-0.4, -0.2) is 96.7 Å². The molecular formula is C81H130O17P2. The van der Waals surface area contributed by atoms with Crippen LogP contribution in [0.15, 0.2) is 170 Å². The lowest BCUT2D eigenvalue weighted by atomic mass is 10.1. The fourth-order valence-electron chi connectivity index (χ4n) is 9.16. The number of esters is 4. The van der Waals surface area contributed by atoms with E-state index in [1.54, 1.807) is 12.2 Å². The van der Waals surface area contributed by atoms with Gasteiger partial charge in [0, 0.05) is 19.3 Å². The zero-order valence-corrected chi connectivity index (χ0v) is 63.3. The lowest BCUT2D eigenvalue weighted by Crippen LogP contribution is -2.30. The van der Waals surface area contributed by atoms with E-state index in [4.69, 9.17) is 37.0 Å². The molecule has 566 valence electrons. The Kier molecular flexibility index (Phi) is 67.8. The third-order valence-electron chi connectivity index (χ3n) is 14.7. The first-order chi connectivity index (χ1) is 48.7. The van der Waals surface area contributed by atoms with Crippen molar-refractivity contribution in [2.75, 3.05) is 39.6 Å². The third-order valence-corrected chi connectivity index (χ3v) is 16.6. The van der Waals surface area contributed by atoms with Crippen LogP contribution < -0.4 is 0 Å². The number of hydrogen-bond acceptors (Lipinski definition) is 15. The molecule has 0 aromatic carbocycles. The molecule has 17 nitrogen and oxygen atoms in total. The minimum Gasteiger partial charge on any atom is -0.462 e. The maximum absolute atomic E-state index is 13.1. The highest BCUT2D eigenvalue weighted by Crippen LogP contribution is 2.45. The molecule has 100 heavy (non-hydrogen) atoms. The van der Waals surface area contributed by atoms with E-state index in [1.165, 1.54) is 38.5 Å². The van der Waals surface area contributed by atoms with E-state index < -0.39 is 97.5 Å². The third kappa shape index (κ3) is 70.8. The van der Waals surface area contributed by atoms with E-state index in [-0.39, 0.29) is 25.7 Å². The first-order valence-electron chi connectivity index (χ1n) is 37.4. The van der Waals surface area contributed by atoms with Crippen molar-refractivity contribution in [1.29, 1.82) is 0 Å². The lowest BCUT2D eigenvalue weighted by molar-refractivity contribution is -0.161. The van der Waals surface area contributed by atoms with E-state index in [1.807, 2.05) is 30.4 Å². The average Bonchev–Trinajstić information content (AvgIpc) is 0.985. The number of aliphatic hydroxyl groups is 1. The molecule has 0 aromatic heterocycles. The van der Waals surface area contributed by atoms with E-state index in [2.05, 4.69) is 155 Å². The Bertz CT molecular complexity index is 2570. The Morgan fingerprint density at radius 2 is 0.580 bits per heavy atom. The number of aliphatic hydroxyl groups excluding tert-OH is 1. The number of phosphoric acid groups is 2. The molecule has 19 heteroatoms. The SMILES string of the molecule is CC/C=C\C/C=C\C/C=C\C/C=C\C/C=C\C/C=C\CCC(=O)OCC(COP(=O)(O)OCC(O)COP(=O)(O)OCC(COC(=O)CCCCCCC/C=C\C/C=C\C/C=C\CC)OC(=O)CCCCCCCCCCCCC)OC(=O)C/C=C\C/C=C\C/C=C\C/C=C\C/C=C\CC. The Labute approximate surface area is 603 Å². The predicted octanol–water partition coefficient (Wildman–Crippen LogP) is 21.4. The Hall–Kier alpha value is -5.58. The zero-order valence-electron chi connectivity index (χ0n) is 61.5. The highest BCUT2D eigenvalue weighted by atomic mass is 31.2. The Morgan fingerprint density at radius 3 is 0.950 bits per heavy atom. The minimum atomic E-state index is -5.02. The fourth-order valence-corrected chi connectivity index (χ4v) is 10.7. The highest BCUT2D eigenvalue weighted by Gasteiger charge is 2.30. The van der Waals surface area contributed by atoms with Crippen molar-refractivity contribution < 1.29 is 80.2 Å². The summed E-state index contributed by atoms with van der Waals surface area (Å²) in [5.41, 5.74) is 0. The van der Waals surface area contributed by atoms with Crippen LogP contribution in [0.5, 0.6) is 0 Å². The van der Waals surface area contributed by atoms with Gasteiger partial charge in [-0.05, 0) is 122 Å². The molecule has 0 aliphatic rings. The van der Waals surface area contributed by atoms with Crippen LogP contribution in [0.1, 0.15) is 259 Å². The van der Waals surface area contributed by atoms with Gasteiger partial charge in [-0.2, -0.15) is 0 Å². The smallest absolute Gasteiger partial charge is 0.462 e. The van der Waals surface area contributed by atoms with Gasteiger partial charge in [-0.15, -0.1) is 0 Å². The van der Waals surface area contributed by atoms with Crippen LogP contribution in [0.2, 0.25) is 0 Å². The molecule has 0 bridgehead atoms. The molecule has 0 fully saturated rings. The summed E-state index contributed by atoms with van der Waals surface area (Å²) in [5.74, 6) is -2.46. The van der Waals surface area contributed by atoms with E-state index >= 15 is 0 Å². The molecule has 0 aromatic rings. The summed E-state index contributed by atoms with van der Waals surface area (Å²) >= 11 is 0. The number of ether oxygens (including phenoxy) is 4. The van der Waals surface area contributed by atoms with Crippen molar-refractivity contribution >= 4 is 39.5 Å². The summed E-state index contributed by atoms with van der Waals surface area (Å²) in [6, 6.07) is 0. The largest absolute Gasteiger partial charge is 0.472 e. The summed E-state index contributed by atoms with van der Waals surface area (Å²) in [6.07, 6.45) is 84.0. The number of carbonyl (C=O) groups is 4. The number of unbranched alkanes of at least 4 members (excludes halogenated alkanes) is 15.